The van der Waals surface area contributed by atoms with Crippen molar-refractivity contribution in [3.8, 4) is 40.1 Å². The van der Waals surface area contributed by atoms with Crippen LogP contribution < -0.4 is 10.5 Å². The van der Waals surface area contributed by atoms with Gasteiger partial charge in [-0.05, 0) is 48.4 Å². The molecule has 0 fully saturated rings. The third kappa shape index (κ3) is 3.42. The second-order valence-corrected chi connectivity index (χ2v) is 7.41. The van der Waals surface area contributed by atoms with E-state index in [-0.39, 0.29) is 0 Å². The number of ether oxygens (including phenoxy) is 1. The largest absolute Gasteiger partial charge is 0.439 e. The highest BCUT2D eigenvalue weighted by Crippen LogP contribution is 2.39. The summed E-state index contributed by atoms with van der Waals surface area (Å²) in [4.78, 5) is 8.61. The number of benzene rings is 2. The molecule has 0 saturated carbocycles. The van der Waals surface area contributed by atoms with Crippen molar-refractivity contribution in [2.45, 2.75) is 6.92 Å². The molecule has 2 N–H and O–H groups in total. The lowest BCUT2D eigenvalue weighted by atomic mass is 9.97. The highest BCUT2D eigenvalue weighted by molar-refractivity contribution is 5.93. The summed E-state index contributed by atoms with van der Waals surface area (Å²) in [6.45, 7) is 1.92. The van der Waals surface area contributed by atoms with Crippen LogP contribution in [0.4, 0.5) is 5.69 Å². The topological polar surface area (TPSA) is 89.2 Å². The number of nitriles is 1. The molecule has 0 aliphatic carbocycles. The van der Waals surface area contributed by atoms with Crippen LogP contribution in [-0.4, -0.2) is 14.4 Å². The predicted octanol–water partition coefficient (Wildman–Crippen LogP) is 5.62. The quantitative estimate of drug-likeness (QED) is 0.384. The number of anilines is 1. The maximum absolute atomic E-state index is 10.0. The van der Waals surface area contributed by atoms with Gasteiger partial charge in [0.05, 0.1) is 23.0 Å². The average Bonchev–Trinajstić information content (AvgIpc) is 3.14. The van der Waals surface area contributed by atoms with Crippen LogP contribution in [0, 0.1) is 18.3 Å². The normalized spacial score (nSPS) is 10.8. The number of aryl methyl sites for hydroxylation is 1. The van der Waals surface area contributed by atoms with E-state index in [1.54, 1.807) is 12.4 Å². The molecule has 6 nitrogen and oxygen atoms in total. The maximum Gasteiger partial charge on any atom is 0.219 e. The third-order valence-corrected chi connectivity index (χ3v) is 5.27. The fraction of sp³-hybridized carbons (Fsp3) is 0.0385. The summed E-state index contributed by atoms with van der Waals surface area (Å²) in [5.74, 6) is 1.21. The van der Waals surface area contributed by atoms with E-state index in [9.17, 15) is 5.26 Å². The molecule has 0 aliphatic heterocycles. The molecule has 3 aromatic heterocycles. The predicted molar refractivity (Wildman–Crippen MR) is 124 cm³/mol. The van der Waals surface area contributed by atoms with E-state index in [1.807, 2.05) is 84.3 Å². The van der Waals surface area contributed by atoms with Gasteiger partial charge < -0.3 is 14.9 Å². The standard InChI is InChI=1S/C26H19N5O/c1-17-3-2-4-24(30-17)32-21-11-7-18(8-12-21)25-22(15-27)23-16-29-13-14-31(23)26(25)19-5-9-20(28)10-6-19/h2-14,16H,28H2,1H3. The van der Waals surface area contributed by atoms with Gasteiger partial charge in [0.25, 0.3) is 0 Å². The molecule has 0 spiro atoms. The summed E-state index contributed by atoms with van der Waals surface area (Å²) < 4.78 is 7.88. The van der Waals surface area contributed by atoms with Crippen LogP contribution in [0.5, 0.6) is 11.6 Å². The summed E-state index contributed by atoms with van der Waals surface area (Å²) in [6.07, 6.45) is 5.29. The Morgan fingerprint density at radius 1 is 0.969 bits per heavy atom. The molecule has 2 aromatic carbocycles. The Labute approximate surface area is 185 Å². The number of nitrogens with two attached hydrogens (primary N) is 1. The molecule has 0 radical (unpaired) electrons. The van der Waals surface area contributed by atoms with E-state index in [1.165, 1.54) is 0 Å². The van der Waals surface area contributed by atoms with Gasteiger partial charge >= 0.3 is 0 Å². The zero-order valence-corrected chi connectivity index (χ0v) is 17.4. The second-order valence-electron chi connectivity index (χ2n) is 7.41. The number of aromatic nitrogens is 3. The Kier molecular flexibility index (Phi) is 4.77. The highest BCUT2D eigenvalue weighted by atomic mass is 16.5. The van der Waals surface area contributed by atoms with E-state index in [0.717, 1.165) is 33.6 Å². The summed E-state index contributed by atoms with van der Waals surface area (Å²) in [5.41, 5.74) is 12.4. The monoisotopic (exact) mass is 417 g/mol. The van der Waals surface area contributed by atoms with E-state index < -0.39 is 0 Å². The number of pyridine rings is 1. The molecule has 5 rings (SSSR count). The molecule has 0 amide bonds. The van der Waals surface area contributed by atoms with Crippen molar-refractivity contribution < 1.29 is 4.74 Å². The van der Waals surface area contributed by atoms with Crippen LogP contribution in [-0.2, 0) is 0 Å². The van der Waals surface area contributed by atoms with Crippen LogP contribution in [0.25, 0.3) is 27.9 Å². The van der Waals surface area contributed by atoms with Gasteiger partial charge in [0.1, 0.15) is 11.8 Å². The third-order valence-electron chi connectivity index (χ3n) is 5.27. The molecule has 32 heavy (non-hydrogen) atoms. The molecule has 0 bridgehead atoms. The van der Waals surface area contributed by atoms with Gasteiger partial charge in [-0.1, -0.05) is 30.3 Å². The Bertz CT molecular complexity index is 1460. The van der Waals surface area contributed by atoms with Crippen molar-refractivity contribution in [3.63, 3.8) is 0 Å². The Morgan fingerprint density at radius 2 is 1.72 bits per heavy atom. The number of nitrogens with zero attached hydrogens (tertiary/aromatic N) is 4. The lowest BCUT2D eigenvalue weighted by Crippen LogP contribution is -1.92. The van der Waals surface area contributed by atoms with Crippen LogP contribution in [0.3, 0.4) is 0 Å². The van der Waals surface area contributed by atoms with Gasteiger partial charge in [-0.25, -0.2) is 4.98 Å². The van der Waals surface area contributed by atoms with Crippen LogP contribution in [0.2, 0.25) is 0 Å². The Morgan fingerprint density at radius 3 is 2.44 bits per heavy atom. The van der Waals surface area contributed by atoms with Gasteiger partial charge in [-0.3, -0.25) is 4.98 Å². The van der Waals surface area contributed by atoms with Crippen molar-refractivity contribution in [3.05, 3.63) is 96.6 Å². The fourth-order valence-electron chi connectivity index (χ4n) is 3.81. The highest BCUT2D eigenvalue weighted by Gasteiger charge is 2.21. The lowest BCUT2D eigenvalue weighted by Gasteiger charge is -2.10. The molecular formula is C26H19N5O. The van der Waals surface area contributed by atoms with E-state index in [0.29, 0.717) is 22.9 Å². The fourth-order valence-corrected chi connectivity index (χ4v) is 3.81. The average molecular weight is 417 g/mol. The van der Waals surface area contributed by atoms with E-state index >= 15 is 0 Å². The zero-order chi connectivity index (χ0) is 22.1. The van der Waals surface area contributed by atoms with Gasteiger partial charge in [-0.2, -0.15) is 5.26 Å². The Balaban J connectivity index is 1.64. The first-order valence-corrected chi connectivity index (χ1v) is 10.1. The summed E-state index contributed by atoms with van der Waals surface area (Å²) in [7, 11) is 0. The van der Waals surface area contributed by atoms with E-state index in [2.05, 4.69) is 16.0 Å². The van der Waals surface area contributed by atoms with Crippen LogP contribution >= 0.6 is 0 Å². The number of hydrogen-bond donors (Lipinski definition) is 1. The van der Waals surface area contributed by atoms with Gasteiger partial charge in [-0.15, -0.1) is 0 Å². The van der Waals surface area contributed by atoms with Gasteiger partial charge in [0.15, 0.2) is 0 Å². The molecule has 154 valence electrons. The molecule has 0 aliphatic rings. The van der Waals surface area contributed by atoms with Crippen LogP contribution in [0.1, 0.15) is 11.3 Å². The van der Waals surface area contributed by atoms with Crippen molar-refractivity contribution in [1.82, 2.24) is 14.4 Å². The Hall–Kier alpha value is -4.63. The molecular weight excluding hydrogens is 398 g/mol. The molecule has 0 unspecified atom stereocenters. The summed E-state index contributed by atoms with van der Waals surface area (Å²) in [6, 6.07) is 23.3. The van der Waals surface area contributed by atoms with Crippen molar-refractivity contribution in [2.75, 3.05) is 5.73 Å². The second kappa shape index (κ2) is 7.89. The molecule has 0 atom stereocenters. The van der Waals surface area contributed by atoms with Crippen LogP contribution in [0.15, 0.2) is 85.3 Å². The lowest BCUT2D eigenvalue weighted by molar-refractivity contribution is 0.462. The SMILES string of the molecule is Cc1cccc(Oc2ccc(-c3c(C#N)c4cnccn4c3-c3ccc(N)cc3)cc2)n1. The minimum atomic E-state index is 0.540. The smallest absolute Gasteiger partial charge is 0.219 e. The number of rotatable bonds is 4. The van der Waals surface area contributed by atoms with Crippen molar-refractivity contribution in [1.29, 1.82) is 5.26 Å². The molecule has 5 aromatic rings. The van der Waals surface area contributed by atoms with Gasteiger partial charge in [0.2, 0.25) is 5.88 Å². The van der Waals surface area contributed by atoms with E-state index in [4.69, 9.17) is 10.5 Å². The first kappa shape index (κ1) is 19.3. The minimum absolute atomic E-state index is 0.540. The summed E-state index contributed by atoms with van der Waals surface area (Å²) in [5, 5.41) is 10.0. The van der Waals surface area contributed by atoms with Gasteiger partial charge in [0, 0.05) is 35.4 Å². The first-order chi connectivity index (χ1) is 15.6. The minimum Gasteiger partial charge on any atom is -0.439 e. The number of hydrogen-bond acceptors (Lipinski definition) is 5. The van der Waals surface area contributed by atoms with Crippen molar-refractivity contribution >= 4 is 11.2 Å². The number of nitrogen functional groups attached to an aromatic ring is 1. The summed E-state index contributed by atoms with van der Waals surface area (Å²) >= 11 is 0. The first-order valence-electron chi connectivity index (χ1n) is 10.1. The molecule has 6 heteroatoms. The zero-order valence-electron chi connectivity index (χ0n) is 17.4. The maximum atomic E-state index is 10.0. The number of fused-ring (bicyclic) bond motifs is 1. The molecule has 3 heterocycles. The molecule has 0 saturated heterocycles. The van der Waals surface area contributed by atoms with Crippen molar-refractivity contribution in [2.24, 2.45) is 0 Å².